The van der Waals surface area contributed by atoms with Gasteiger partial charge in [0, 0.05) is 76.4 Å². The van der Waals surface area contributed by atoms with Crippen molar-refractivity contribution in [2.45, 2.75) is 12.3 Å². The standard InChI is InChI=1S/C70H45N5S/c1-4-20-44(21-5-1)55-40-47(66-69-67(54-30-14-19-35-65(54)76-69)72-70(71-66)46-24-8-3-9-25-46)41-56(45-22-6-2-7-23-45)68(55)75-63-38-36-48(73-59-31-15-10-26-50(59)51-27-11-16-32-60(51)73)42-57(63)58-43-49(37-39-64(58)75)74-61-33-17-12-28-52(61)53-29-13-18-34-62(53)74/h1-22,24-43,45H,23H2. The number of thiophene rings is 1. The highest BCUT2D eigenvalue weighted by Gasteiger charge is 2.27. The van der Waals surface area contributed by atoms with Crippen LogP contribution in [0.3, 0.4) is 0 Å². The van der Waals surface area contributed by atoms with E-state index in [-0.39, 0.29) is 5.92 Å². The van der Waals surface area contributed by atoms with Gasteiger partial charge in [-0.25, -0.2) is 9.97 Å². The van der Waals surface area contributed by atoms with E-state index in [0.717, 1.165) is 78.2 Å². The molecule has 5 aromatic heterocycles. The molecule has 1 atom stereocenters. The van der Waals surface area contributed by atoms with Crippen molar-refractivity contribution in [1.82, 2.24) is 23.7 Å². The molecule has 0 saturated carbocycles. The quantitative estimate of drug-likeness (QED) is 0.160. The molecule has 1 unspecified atom stereocenters. The summed E-state index contributed by atoms with van der Waals surface area (Å²) in [6.45, 7) is 0. The minimum atomic E-state index is 0.0806. The van der Waals surface area contributed by atoms with Crippen molar-refractivity contribution >= 4 is 97.1 Å². The summed E-state index contributed by atoms with van der Waals surface area (Å²) in [5, 5.41) is 8.49. The van der Waals surface area contributed by atoms with Gasteiger partial charge in [0.15, 0.2) is 5.82 Å². The molecule has 0 N–H and O–H groups in total. The molecular weight excluding hydrogens is 943 g/mol. The number of nitrogens with zero attached hydrogens (tertiary/aromatic N) is 5. The number of hydrogen-bond acceptors (Lipinski definition) is 3. The SMILES string of the molecule is C1=CCC(c2cc(-c3nc(-c4ccccc4)nc4c3sc3ccccc34)cc(-c3ccccc3)c2-n2c3ccc(-n4c5ccccc5c5ccccc54)cc3c3cc(-n4c5ccccc5c5ccccc54)ccc32)C=C1. The summed E-state index contributed by atoms with van der Waals surface area (Å²) in [4.78, 5) is 10.9. The summed E-state index contributed by atoms with van der Waals surface area (Å²) in [5.41, 5.74) is 17.9. The predicted molar refractivity (Wildman–Crippen MR) is 320 cm³/mol. The second-order valence-electron chi connectivity index (χ2n) is 20.0. The Kier molecular flexibility index (Phi) is 9.56. The molecule has 76 heavy (non-hydrogen) atoms. The van der Waals surface area contributed by atoms with Crippen LogP contribution in [0, 0.1) is 0 Å². The molecule has 5 heterocycles. The second kappa shape index (κ2) is 17.0. The monoisotopic (exact) mass is 987 g/mol. The molecule has 356 valence electrons. The zero-order valence-corrected chi connectivity index (χ0v) is 42.0. The molecule has 0 spiro atoms. The fourth-order valence-corrected chi connectivity index (χ4v) is 13.6. The molecular formula is C70H45N5S. The first-order chi connectivity index (χ1) is 37.7. The van der Waals surface area contributed by atoms with Crippen molar-refractivity contribution in [1.29, 1.82) is 0 Å². The van der Waals surface area contributed by atoms with Crippen LogP contribution in [-0.2, 0) is 0 Å². The molecule has 0 amide bonds. The number of benzene rings is 10. The van der Waals surface area contributed by atoms with E-state index in [1.54, 1.807) is 11.3 Å². The number of allylic oxidation sites excluding steroid dienone is 4. The molecule has 15 aromatic rings. The summed E-state index contributed by atoms with van der Waals surface area (Å²) < 4.78 is 9.75. The first kappa shape index (κ1) is 42.8. The minimum absolute atomic E-state index is 0.0806. The Hall–Kier alpha value is -9.62. The molecule has 10 aromatic carbocycles. The lowest BCUT2D eigenvalue weighted by atomic mass is 9.85. The van der Waals surface area contributed by atoms with E-state index in [0.29, 0.717) is 0 Å². The van der Waals surface area contributed by atoms with Gasteiger partial charge in [0.05, 0.1) is 54.7 Å². The van der Waals surface area contributed by atoms with Crippen LogP contribution in [0.15, 0.2) is 255 Å². The highest BCUT2D eigenvalue weighted by molar-refractivity contribution is 7.26. The third kappa shape index (κ3) is 6.51. The largest absolute Gasteiger partial charge is 0.309 e. The first-order valence-electron chi connectivity index (χ1n) is 26.1. The number of para-hydroxylation sites is 4. The molecule has 1 aliphatic rings. The van der Waals surface area contributed by atoms with Crippen LogP contribution in [0.2, 0.25) is 0 Å². The van der Waals surface area contributed by atoms with Gasteiger partial charge in [-0.2, -0.15) is 0 Å². The number of aromatic nitrogens is 5. The Balaban J connectivity index is 1.03. The summed E-state index contributed by atoms with van der Waals surface area (Å²) in [7, 11) is 0. The fraction of sp³-hybridized carbons (Fsp3) is 0.0286. The van der Waals surface area contributed by atoms with Gasteiger partial charge in [-0.15, -0.1) is 11.3 Å². The van der Waals surface area contributed by atoms with Gasteiger partial charge >= 0.3 is 0 Å². The molecule has 0 fully saturated rings. The second-order valence-corrected chi connectivity index (χ2v) is 21.1. The summed E-state index contributed by atoms with van der Waals surface area (Å²) in [6, 6.07) is 84.4. The average Bonchev–Trinajstić information content (AvgIpc) is 4.24. The third-order valence-electron chi connectivity index (χ3n) is 15.8. The van der Waals surface area contributed by atoms with Crippen molar-refractivity contribution in [3.8, 4) is 50.8 Å². The van der Waals surface area contributed by atoms with E-state index >= 15 is 0 Å². The lowest BCUT2D eigenvalue weighted by Crippen LogP contribution is -2.08. The van der Waals surface area contributed by atoms with Crippen molar-refractivity contribution in [3.63, 3.8) is 0 Å². The zero-order chi connectivity index (χ0) is 49.8. The van der Waals surface area contributed by atoms with Crippen LogP contribution in [0.1, 0.15) is 17.9 Å². The highest BCUT2D eigenvalue weighted by Crippen LogP contribution is 2.48. The maximum atomic E-state index is 5.56. The maximum absolute atomic E-state index is 5.56. The van der Waals surface area contributed by atoms with E-state index in [4.69, 9.17) is 9.97 Å². The Labute approximate surface area is 441 Å². The van der Waals surface area contributed by atoms with Gasteiger partial charge in [0.25, 0.3) is 0 Å². The van der Waals surface area contributed by atoms with Gasteiger partial charge in [-0.1, -0.05) is 176 Å². The summed E-state index contributed by atoms with van der Waals surface area (Å²) in [6.07, 6.45) is 9.97. The molecule has 0 saturated heterocycles. The van der Waals surface area contributed by atoms with E-state index in [2.05, 4.69) is 269 Å². The number of hydrogen-bond donors (Lipinski definition) is 0. The number of fused-ring (bicyclic) bond motifs is 12. The van der Waals surface area contributed by atoms with Gasteiger partial charge in [0.2, 0.25) is 0 Å². The molecule has 16 rings (SSSR count). The van der Waals surface area contributed by atoms with Crippen LogP contribution in [0.4, 0.5) is 0 Å². The van der Waals surface area contributed by atoms with Gasteiger partial charge < -0.3 is 13.7 Å². The van der Waals surface area contributed by atoms with E-state index < -0.39 is 0 Å². The van der Waals surface area contributed by atoms with Crippen molar-refractivity contribution in [2.24, 2.45) is 0 Å². The average molecular weight is 988 g/mol. The Morgan fingerprint density at radius 3 is 1.45 bits per heavy atom. The van der Waals surface area contributed by atoms with Crippen LogP contribution < -0.4 is 0 Å². The molecule has 6 heteroatoms. The fourth-order valence-electron chi connectivity index (χ4n) is 12.4. The van der Waals surface area contributed by atoms with Crippen molar-refractivity contribution in [2.75, 3.05) is 0 Å². The minimum Gasteiger partial charge on any atom is -0.309 e. The molecule has 0 bridgehead atoms. The van der Waals surface area contributed by atoms with Crippen LogP contribution in [0.25, 0.3) is 137 Å². The number of rotatable bonds is 7. The summed E-state index contributed by atoms with van der Waals surface area (Å²) >= 11 is 1.78. The van der Waals surface area contributed by atoms with Crippen LogP contribution in [-0.4, -0.2) is 23.7 Å². The smallest absolute Gasteiger partial charge is 0.160 e. The lowest BCUT2D eigenvalue weighted by Gasteiger charge is -2.25. The third-order valence-corrected chi connectivity index (χ3v) is 16.9. The van der Waals surface area contributed by atoms with Crippen LogP contribution >= 0.6 is 11.3 Å². The van der Waals surface area contributed by atoms with E-state index in [9.17, 15) is 0 Å². The predicted octanol–water partition coefficient (Wildman–Crippen LogP) is 18.7. The normalized spacial score (nSPS) is 13.8. The van der Waals surface area contributed by atoms with E-state index in [1.165, 1.54) is 70.3 Å². The summed E-state index contributed by atoms with van der Waals surface area (Å²) in [5.74, 6) is 0.802. The molecule has 0 aliphatic heterocycles. The molecule has 5 nitrogen and oxygen atoms in total. The molecule has 0 radical (unpaired) electrons. The lowest BCUT2D eigenvalue weighted by molar-refractivity contribution is 0.844. The first-order valence-corrected chi connectivity index (χ1v) is 26.9. The topological polar surface area (TPSA) is 40.6 Å². The zero-order valence-electron chi connectivity index (χ0n) is 41.2. The van der Waals surface area contributed by atoms with Crippen LogP contribution in [0.5, 0.6) is 0 Å². The van der Waals surface area contributed by atoms with Crippen molar-refractivity contribution < 1.29 is 0 Å². The Morgan fingerprint density at radius 2 is 0.895 bits per heavy atom. The molecule has 1 aliphatic carbocycles. The maximum Gasteiger partial charge on any atom is 0.160 e. The Bertz CT molecular complexity index is 4640. The van der Waals surface area contributed by atoms with Crippen molar-refractivity contribution in [3.05, 3.63) is 260 Å². The van der Waals surface area contributed by atoms with E-state index in [1.807, 2.05) is 0 Å². The van der Waals surface area contributed by atoms with Gasteiger partial charge in [0.1, 0.15) is 0 Å². The highest BCUT2D eigenvalue weighted by atomic mass is 32.1. The van der Waals surface area contributed by atoms with Gasteiger partial charge in [-0.05, 0) is 96.4 Å². The van der Waals surface area contributed by atoms with Gasteiger partial charge in [-0.3, -0.25) is 0 Å². The Morgan fingerprint density at radius 1 is 0.395 bits per heavy atom.